The Morgan fingerprint density at radius 2 is 1.96 bits per heavy atom. The number of nitrogens with one attached hydrogen (secondary N) is 3. The molecule has 0 spiro atoms. The second-order valence-electron chi connectivity index (χ2n) is 6.04. The van der Waals surface area contributed by atoms with Crippen molar-refractivity contribution in [2.45, 2.75) is 6.54 Å². The van der Waals surface area contributed by atoms with Crippen LogP contribution in [0.4, 0.5) is 0 Å². The van der Waals surface area contributed by atoms with E-state index in [1.807, 2.05) is 12.1 Å². The van der Waals surface area contributed by atoms with Crippen molar-refractivity contribution in [3.8, 4) is 11.3 Å². The fraction of sp³-hybridized carbons (Fsp3) is 0.278. The van der Waals surface area contributed by atoms with E-state index in [1.165, 1.54) is 5.56 Å². The predicted molar refractivity (Wildman–Crippen MR) is 92.5 cm³/mol. The van der Waals surface area contributed by atoms with Crippen molar-refractivity contribution < 1.29 is 0 Å². The first kappa shape index (κ1) is 14.2. The molecule has 3 aromatic rings. The molecule has 4 rings (SSSR count). The molecule has 0 aliphatic carbocycles. The molecule has 1 aliphatic heterocycles. The molecular weight excluding hydrogens is 288 g/mol. The summed E-state index contributed by atoms with van der Waals surface area (Å²) in [6.45, 7) is 5.29. The zero-order chi connectivity index (χ0) is 15.6. The third-order valence-electron chi connectivity index (χ3n) is 4.41. The number of benzene rings is 1. The SMILES string of the molecule is O=c1[nH]cccc1-c1cc2cc(CN3CCNCC3)ccc2[nH]1. The molecule has 5 heteroatoms. The Bertz CT molecular complexity index is 874. The van der Waals surface area contributed by atoms with Crippen molar-refractivity contribution >= 4 is 10.9 Å². The first-order chi connectivity index (χ1) is 11.3. The van der Waals surface area contributed by atoms with E-state index in [0.717, 1.165) is 49.3 Å². The Morgan fingerprint density at radius 3 is 2.78 bits per heavy atom. The molecule has 1 saturated heterocycles. The molecule has 0 atom stereocenters. The van der Waals surface area contributed by atoms with E-state index in [2.05, 4.69) is 44.5 Å². The molecule has 0 unspecified atom stereocenters. The van der Waals surface area contributed by atoms with Gasteiger partial charge in [-0.2, -0.15) is 0 Å². The highest BCUT2D eigenvalue weighted by molar-refractivity contribution is 5.86. The van der Waals surface area contributed by atoms with Crippen LogP contribution >= 0.6 is 0 Å². The van der Waals surface area contributed by atoms with Crippen LogP contribution in [-0.4, -0.2) is 41.0 Å². The van der Waals surface area contributed by atoms with Crippen molar-refractivity contribution in [1.82, 2.24) is 20.2 Å². The summed E-state index contributed by atoms with van der Waals surface area (Å²) in [5, 5.41) is 4.53. The fourth-order valence-corrected chi connectivity index (χ4v) is 3.19. The maximum absolute atomic E-state index is 11.9. The lowest BCUT2D eigenvalue weighted by Crippen LogP contribution is -2.42. The summed E-state index contributed by atoms with van der Waals surface area (Å²) in [6, 6.07) is 12.2. The number of rotatable bonds is 3. The van der Waals surface area contributed by atoms with E-state index in [-0.39, 0.29) is 5.56 Å². The van der Waals surface area contributed by atoms with Crippen LogP contribution < -0.4 is 10.9 Å². The summed E-state index contributed by atoms with van der Waals surface area (Å²) in [5.74, 6) is 0. The first-order valence-electron chi connectivity index (χ1n) is 8.02. The van der Waals surface area contributed by atoms with Crippen LogP contribution in [0.5, 0.6) is 0 Å². The van der Waals surface area contributed by atoms with Gasteiger partial charge in [0.1, 0.15) is 0 Å². The molecule has 1 aliphatic rings. The van der Waals surface area contributed by atoms with Gasteiger partial charge < -0.3 is 15.3 Å². The highest BCUT2D eigenvalue weighted by atomic mass is 16.1. The lowest BCUT2D eigenvalue weighted by Gasteiger charge is -2.27. The van der Waals surface area contributed by atoms with Gasteiger partial charge in [-0.05, 0) is 35.9 Å². The topological polar surface area (TPSA) is 63.9 Å². The molecule has 3 heterocycles. The van der Waals surface area contributed by atoms with Gasteiger partial charge in [0.15, 0.2) is 0 Å². The molecule has 1 aromatic carbocycles. The second-order valence-corrected chi connectivity index (χ2v) is 6.04. The number of pyridine rings is 1. The summed E-state index contributed by atoms with van der Waals surface area (Å²) in [5.41, 5.74) is 3.84. The van der Waals surface area contributed by atoms with E-state index in [1.54, 1.807) is 6.20 Å². The molecule has 23 heavy (non-hydrogen) atoms. The van der Waals surface area contributed by atoms with Crippen LogP contribution in [0.2, 0.25) is 0 Å². The quantitative estimate of drug-likeness (QED) is 0.693. The lowest BCUT2D eigenvalue weighted by molar-refractivity contribution is 0.233. The predicted octanol–water partition coefficient (Wildman–Crippen LogP) is 1.93. The summed E-state index contributed by atoms with van der Waals surface area (Å²) in [6.07, 6.45) is 1.65. The summed E-state index contributed by atoms with van der Waals surface area (Å²) in [4.78, 5) is 20.5. The van der Waals surface area contributed by atoms with Crippen LogP contribution in [-0.2, 0) is 6.54 Å². The van der Waals surface area contributed by atoms with Gasteiger partial charge in [0.25, 0.3) is 5.56 Å². The number of aromatic nitrogens is 2. The number of fused-ring (bicyclic) bond motifs is 1. The Hall–Kier alpha value is -2.37. The van der Waals surface area contributed by atoms with Gasteiger partial charge in [0, 0.05) is 49.8 Å². The Kier molecular flexibility index (Phi) is 3.73. The second kappa shape index (κ2) is 6.02. The Morgan fingerprint density at radius 1 is 1.09 bits per heavy atom. The van der Waals surface area contributed by atoms with E-state index in [9.17, 15) is 4.79 Å². The number of aromatic amines is 2. The number of H-pyrrole nitrogens is 2. The minimum absolute atomic E-state index is 0.0694. The van der Waals surface area contributed by atoms with Gasteiger partial charge >= 0.3 is 0 Å². The van der Waals surface area contributed by atoms with Gasteiger partial charge in [0.05, 0.1) is 11.3 Å². The zero-order valence-electron chi connectivity index (χ0n) is 12.9. The monoisotopic (exact) mass is 308 g/mol. The van der Waals surface area contributed by atoms with Crippen LogP contribution in [0.25, 0.3) is 22.2 Å². The minimum atomic E-state index is -0.0694. The van der Waals surface area contributed by atoms with Crippen molar-refractivity contribution in [2.24, 2.45) is 0 Å². The van der Waals surface area contributed by atoms with E-state index in [0.29, 0.717) is 5.56 Å². The number of hydrogen-bond donors (Lipinski definition) is 3. The Labute approximate surface area is 134 Å². The van der Waals surface area contributed by atoms with Gasteiger partial charge in [-0.3, -0.25) is 9.69 Å². The smallest absolute Gasteiger partial charge is 0.257 e. The highest BCUT2D eigenvalue weighted by Gasteiger charge is 2.11. The summed E-state index contributed by atoms with van der Waals surface area (Å²) in [7, 11) is 0. The molecule has 1 fully saturated rings. The van der Waals surface area contributed by atoms with Gasteiger partial charge in [0.2, 0.25) is 0 Å². The molecule has 2 aromatic heterocycles. The summed E-state index contributed by atoms with van der Waals surface area (Å²) >= 11 is 0. The maximum atomic E-state index is 11.9. The molecule has 0 amide bonds. The highest BCUT2D eigenvalue weighted by Crippen LogP contribution is 2.23. The maximum Gasteiger partial charge on any atom is 0.257 e. The largest absolute Gasteiger partial charge is 0.354 e. The number of nitrogens with zero attached hydrogens (tertiary/aromatic N) is 1. The third-order valence-corrected chi connectivity index (χ3v) is 4.41. The molecular formula is C18H20N4O. The van der Waals surface area contributed by atoms with Crippen LogP contribution in [0, 0.1) is 0 Å². The zero-order valence-corrected chi connectivity index (χ0v) is 12.9. The third kappa shape index (κ3) is 2.93. The van der Waals surface area contributed by atoms with Crippen LogP contribution in [0.15, 0.2) is 47.4 Å². The van der Waals surface area contributed by atoms with Crippen molar-refractivity contribution in [3.63, 3.8) is 0 Å². The minimum Gasteiger partial charge on any atom is -0.354 e. The van der Waals surface area contributed by atoms with E-state index < -0.39 is 0 Å². The van der Waals surface area contributed by atoms with Crippen molar-refractivity contribution in [3.05, 3.63) is 58.5 Å². The average Bonchev–Trinajstić information content (AvgIpc) is 2.99. The van der Waals surface area contributed by atoms with Crippen molar-refractivity contribution in [2.75, 3.05) is 26.2 Å². The van der Waals surface area contributed by atoms with Gasteiger partial charge in [-0.1, -0.05) is 6.07 Å². The fourth-order valence-electron chi connectivity index (χ4n) is 3.19. The number of hydrogen-bond acceptors (Lipinski definition) is 3. The molecule has 3 N–H and O–H groups in total. The van der Waals surface area contributed by atoms with Crippen LogP contribution in [0.1, 0.15) is 5.56 Å². The number of piperazine rings is 1. The molecule has 0 bridgehead atoms. The molecule has 0 saturated carbocycles. The molecule has 5 nitrogen and oxygen atoms in total. The van der Waals surface area contributed by atoms with E-state index >= 15 is 0 Å². The Balaban J connectivity index is 1.64. The molecule has 118 valence electrons. The normalized spacial score (nSPS) is 16.0. The van der Waals surface area contributed by atoms with Crippen molar-refractivity contribution in [1.29, 1.82) is 0 Å². The average molecular weight is 308 g/mol. The first-order valence-corrected chi connectivity index (χ1v) is 8.02. The standard InChI is InChI=1S/C18H20N4O/c23-18-15(2-1-5-20-18)17-11-14-10-13(3-4-16(14)21-17)12-22-8-6-19-7-9-22/h1-5,10-11,19,21H,6-9,12H2,(H,20,23). The van der Waals surface area contributed by atoms with Gasteiger partial charge in [-0.25, -0.2) is 0 Å². The lowest BCUT2D eigenvalue weighted by atomic mass is 10.1. The van der Waals surface area contributed by atoms with E-state index in [4.69, 9.17) is 0 Å². The molecule has 0 radical (unpaired) electrons. The summed E-state index contributed by atoms with van der Waals surface area (Å²) < 4.78 is 0. The van der Waals surface area contributed by atoms with Crippen LogP contribution in [0.3, 0.4) is 0 Å². The van der Waals surface area contributed by atoms with Gasteiger partial charge in [-0.15, -0.1) is 0 Å².